The molecule has 5 nitrogen and oxygen atoms in total. The smallest absolute Gasteiger partial charge is 0.255 e. The Bertz CT molecular complexity index is 1010. The van der Waals surface area contributed by atoms with E-state index >= 15 is 0 Å². The molecule has 0 bridgehead atoms. The van der Waals surface area contributed by atoms with Crippen LogP contribution in [0.3, 0.4) is 0 Å². The fourth-order valence-corrected chi connectivity index (χ4v) is 3.77. The fraction of sp³-hybridized carbons (Fsp3) is 0.381. The number of rotatable bonds is 7. The number of nitrogens with zero attached hydrogens (tertiary/aromatic N) is 4. The van der Waals surface area contributed by atoms with E-state index in [2.05, 4.69) is 16.5 Å². The number of benzene rings is 1. The van der Waals surface area contributed by atoms with Crippen molar-refractivity contribution in [2.24, 2.45) is 5.92 Å². The van der Waals surface area contributed by atoms with Crippen molar-refractivity contribution in [2.45, 2.75) is 39.3 Å². The molecule has 0 atom stereocenters. The molecule has 7 heteroatoms. The second-order valence-electron chi connectivity index (χ2n) is 7.28. The van der Waals surface area contributed by atoms with Crippen LogP contribution in [0.15, 0.2) is 36.5 Å². The third-order valence-electron chi connectivity index (χ3n) is 4.99. The summed E-state index contributed by atoms with van der Waals surface area (Å²) in [5.41, 5.74) is 2.17. The number of carbonyl (C=O) groups excluding carboxylic acids is 1. The number of hydrogen-bond donors (Lipinski definition) is 0. The first-order valence-corrected chi connectivity index (χ1v) is 10.4. The highest BCUT2D eigenvalue weighted by atomic mass is 35.5. The van der Waals surface area contributed by atoms with Gasteiger partial charge in [0.05, 0.1) is 17.1 Å². The Morgan fingerprint density at radius 2 is 2.11 bits per heavy atom. The highest BCUT2D eigenvalue weighted by Gasteiger charge is 2.26. The van der Waals surface area contributed by atoms with Gasteiger partial charge in [-0.1, -0.05) is 30.1 Å². The van der Waals surface area contributed by atoms with E-state index in [4.69, 9.17) is 28.2 Å². The van der Waals surface area contributed by atoms with E-state index in [0.717, 1.165) is 30.0 Å². The molecule has 4 rings (SSSR count). The highest BCUT2D eigenvalue weighted by Crippen LogP contribution is 2.32. The van der Waals surface area contributed by atoms with Gasteiger partial charge in [0, 0.05) is 24.3 Å². The first-order chi connectivity index (χ1) is 13.6. The molecule has 0 radical (unpaired) electrons. The normalized spacial score (nSPS) is 13.8. The minimum Gasteiger partial charge on any atom is -0.331 e. The minimum atomic E-state index is -0.132. The Morgan fingerprint density at radius 3 is 2.86 bits per heavy atom. The van der Waals surface area contributed by atoms with Crippen LogP contribution < -0.4 is 0 Å². The molecule has 0 saturated heterocycles. The van der Waals surface area contributed by atoms with Crippen molar-refractivity contribution in [3.05, 3.63) is 58.0 Å². The molecule has 1 aliphatic rings. The van der Waals surface area contributed by atoms with Gasteiger partial charge in [0.25, 0.3) is 5.91 Å². The fourth-order valence-electron chi connectivity index (χ4n) is 3.40. The summed E-state index contributed by atoms with van der Waals surface area (Å²) in [5.74, 6) is 1.41. The maximum atomic E-state index is 13.2. The molecule has 3 aromatic rings. The molecule has 1 fully saturated rings. The Hall–Kier alpha value is -2.11. The zero-order valence-corrected chi connectivity index (χ0v) is 17.2. The lowest BCUT2D eigenvalue weighted by atomic mass is 10.2. The number of carbonyl (C=O) groups is 1. The number of pyridine rings is 1. The van der Waals surface area contributed by atoms with Crippen LogP contribution in [0.1, 0.15) is 42.4 Å². The summed E-state index contributed by atoms with van der Waals surface area (Å²) >= 11 is 12.4. The van der Waals surface area contributed by atoms with Gasteiger partial charge < -0.3 is 9.47 Å². The Labute approximate surface area is 174 Å². The molecular formula is C21H22Cl2N4O. The number of fused-ring (bicyclic) bond motifs is 1. The topological polar surface area (TPSA) is 51.0 Å². The van der Waals surface area contributed by atoms with Crippen molar-refractivity contribution in [1.82, 2.24) is 19.4 Å². The molecule has 2 aromatic heterocycles. The van der Waals surface area contributed by atoms with Crippen molar-refractivity contribution >= 4 is 40.3 Å². The van der Waals surface area contributed by atoms with Crippen molar-refractivity contribution < 1.29 is 4.79 Å². The molecule has 0 spiro atoms. The first kappa shape index (κ1) is 19.2. The van der Waals surface area contributed by atoms with Crippen molar-refractivity contribution in [2.75, 3.05) is 6.54 Å². The lowest BCUT2D eigenvalue weighted by Crippen LogP contribution is -2.32. The van der Waals surface area contributed by atoms with Gasteiger partial charge in [0.2, 0.25) is 0 Å². The molecule has 2 heterocycles. The van der Waals surface area contributed by atoms with Crippen LogP contribution >= 0.6 is 23.2 Å². The molecule has 28 heavy (non-hydrogen) atoms. The average Bonchev–Trinajstić information content (AvgIpc) is 3.45. The van der Waals surface area contributed by atoms with Crippen molar-refractivity contribution in [3.8, 4) is 0 Å². The van der Waals surface area contributed by atoms with Gasteiger partial charge in [-0.3, -0.25) is 4.79 Å². The molecule has 0 aliphatic heterocycles. The predicted molar refractivity (Wildman–Crippen MR) is 112 cm³/mol. The predicted octanol–water partition coefficient (Wildman–Crippen LogP) is 5.20. The third-order valence-corrected chi connectivity index (χ3v) is 5.56. The van der Waals surface area contributed by atoms with Gasteiger partial charge in [-0.15, -0.1) is 0 Å². The van der Waals surface area contributed by atoms with Crippen molar-refractivity contribution in [1.29, 1.82) is 0 Å². The summed E-state index contributed by atoms with van der Waals surface area (Å²) < 4.78 is 2.17. The lowest BCUT2D eigenvalue weighted by molar-refractivity contribution is 0.0737. The Kier molecular flexibility index (Phi) is 5.56. The van der Waals surface area contributed by atoms with E-state index in [1.54, 1.807) is 29.3 Å². The van der Waals surface area contributed by atoms with Crippen LogP contribution in [-0.2, 0) is 13.1 Å². The minimum absolute atomic E-state index is 0.132. The lowest BCUT2D eigenvalue weighted by Gasteiger charge is -2.23. The molecule has 1 aromatic carbocycles. The molecule has 146 valence electrons. The molecule has 1 saturated carbocycles. The van der Waals surface area contributed by atoms with Gasteiger partial charge >= 0.3 is 0 Å². The largest absolute Gasteiger partial charge is 0.331 e. The van der Waals surface area contributed by atoms with Gasteiger partial charge in [-0.05, 0) is 55.5 Å². The summed E-state index contributed by atoms with van der Waals surface area (Å²) in [6.45, 7) is 3.98. The van der Waals surface area contributed by atoms with Crippen LogP contribution in [0, 0.1) is 5.92 Å². The third kappa shape index (κ3) is 4.01. The average molecular weight is 417 g/mol. The van der Waals surface area contributed by atoms with Gasteiger partial charge in [0.1, 0.15) is 11.3 Å². The molecule has 1 aliphatic carbocycles. The summed E-state index contributed by atoms with van der Waals surface area (Å²) in [6.07, 6.45) is 5.10. The number of amides is 1. The highest BCUT2D eigenvalue weighted by molar-refractivity contribution is 6.35. The Morgan fingerprint density at radius 1 is 1.29 bits per heavy atom. The van der Waals surface area contributed by atoms with Crippen LogP contribution in [0.25, 0.3) is 11.2 Å². The van der Waals surface area contributed by atoms with E-state index < -0.39 is 0 Å². The van der Waals surface area contributed by atoms with Crippen LogP contribution in [-0.4, -0.2) is 31.9 Å². The number of aromatic nitrogens is 3. The first-order valence-electron chi connectivity index (χ1n) is 9.61. The second kappa shape index (κ2) is 8.10. The zero-order chi connectivity index (χ0) is 19.7. The summed E-state index contributed by atoms with van der Waals surface area (Å²) in [4.78, 5) is 24.3. The van der Waals surface area contributed by atoms with Gasteiger partial charge in [0.15, 0.2) is 5.65 Å². The van der Waals surface area contributed by atoms with E-state index in [-0.39, 0.29) is 5.91 Å². The van der Waals surface area contributed by atoms with Crippen LogP contribution in [0.5, 0.6) is 0 Å². The maximum absolute atomic E-state index is 13.2. The molecule has 1 amide bonds. The summed E-state index contributed by atoms with van der Waals surface area (Å²) in [5, 5.41) is 0.901. The van der Waals surface area contributed by atoms with Crippen LogP contribution in [0.4, 0.5) is 0 Å². The SMILES string of the molecule is CCCN(Cc1nc2cccnc2n1CC1CC1)C(=O)c1cc(Cl)ccc1Cl. The monoisotopic (exact) mass is 416 g/mol. The number of hydrogen-bond acceptors (Lipinski definition) is 3. The van der Waals surface area contributed by atoms with Gasteiger partial charge in [-0.25, -0.2) is 9.97 Å². The molecular weight excluding hydrogens is 395 g/mol. The second-order valence-corrected chi connectivity index (χ2v) is 8.12. The van der Waals surface area contributed by atoms with E-state index in [9.17, 15) is 4.79 Å². The van der Waals surface area contributed by atoms with Crippen LogP contribution in [0.2, 0.25) is 10.0 Å². The summed E-state index contributed by atoms with van der Waals surface area (Å²) in [6, 6.07) is 8.83. The number of halogens is 2. The standard InChI is InChI=1S/C21H22Cl2N4O/c1-2-10-26(21(28)16-11-15(22)7-8-17(16)23)13-19-25-18-4-3-9-24-20(18)27(19)12-14-5-6-14/h3-4,7-9,11,14H,2,5-6,10,12-13H2,1H3. The zero-order valence-electron chi connectivity index (χ0n) is 15.7. The van der Waals surface area contributed by atoms with E-state index in [1.807, 2.05) is 12.1 Å². The van der Waals surface area contributed by atoms with E-state index in [1.165, 1.54) is 12.8 Å². The molecule has 0 N–H and O–H groups in total. The van der Waals surface area contributed by atoms with Gasteiger partial charge in [-0.2, -0.15) is 0 Å². The summed E-state index contributed by atoms with van der Waals surface area (Å²) in [7, 11) is 0. The Balaban J connectivity index is 1.68. The quantitative estimate of drug-likeness (QED) is 0.531. The van der Waals surface area contributed by atoms with E-state index in [0.29, 0.717) is 34.6 Å². The number of imidazole rings is 1. The van der Waals surface area contributed by atoms with Crippen molar-refractivity contribution in [3.63, 3.8) is 0 Å². The molecule has 0 unspecified atom stereocenters. The maximum Gasteiger partial charge on any atom is 0.255 e.